The second-order valence-electron chi connectivity index (χ2n) is 9.18. The molecule has 1 aliphatic carbocycles. The van der Waals surface area contributed by atoms with Crippen LogP contribution in [0.4, 0.5) is 26.3 Å². The third-order valence-corrected chi connectivity index (χ3v) is 8.66. The highest BCUT2D eigenvalue weighted by atomic mass is 32.2. The first-order valence-corrected chi connectivity index (χ1v) is 14.6. The van der Waals surface area contributed by atoms with Gasteiger partial charge in [-0.1, -0.05) is 72.8 Å². The van der Waals surface area contributed by atoms with E-state index in [0.717, 1.165) is 12.1 Å². The minimum atomic E-state index is -6.15. The van der Waals surface area contributed by atoms with Crippen LogP contribution < -0.4 is 8.37 Å². The maximum atomic E-state index is 13.3. The Morgan fingerprint density at radius 2 is 0.927 bits per heavy atom. The van der Waals surface area contributed by atoms with Gasteiger partial charge >= 0.3 is 31.3 Å². The molecule has 0 saturated carbocycles. The molecule has 0 bridgehead atoms. The van der Waals surface area contributed by atoms with Crippen LogP contribution in [-0.4, -0.2) is 27.9 Å². The summed E-state index contributed by atoms with van der Waals surface area (Å²) in [6.45, 7) is 0. The van der Waals surface area contributed by atoms with Gasteiger partial charge in [-0.3, -0.25) is 0 Å². The molecule has 0 fully saturated rings. The van der Waals surface area contributed by atoms with E-state index in [2.05, 4.69) is 8.37 Å². The predicted octanol–water partition coefficient (Wildman–Crippen LogP) is 6.96. The molecule has 0 amide bonds. The quantitative estimate of drug-likeness (QED) is 0.132. The molecule has 0 spiro atoms. The molecule has 2 unspecified atom stereocenters. The number of hydrogen-bond acceptors (Lipinski definition) is 6. The van der Waals surface area contributed by atoms with E-state index >= 15 is 0 Å². The monoisotopic (exact) mass is 616 g/mol. The van der Waals surface area contributed by atoms with Gasteiger partial charge in [-0.25, -0.2) is 0 Å². The minimum Gasteiger partial charge on any atom is -0.376 e. The first-order chi connectivity index (χ1) is 19.1. The number of hydrogen-bond donors (Lipinski definition) is 0. The molecule has 14 heteroatoms. The molecule has 4 aromatic rings. The van der Waals surface area contributed by atoms with Gasteiger partial charge < -0.3 is 8.37 Å². The molecule has 0 aromatic heterocycles. The average molecular weight is 617 g/mol. The Labute approximate surface area is 230 Å². The van der Waals surface area contributed by atoms with Gasteiger partial charge in [0.25, 0.3) is 0 Å². The van der Waals surface area contributed by atoms with Crippen LogP contribution in [0.5, 0.6) is 11.5 Å². The summed E-state index contributed by atoms with van der Waals surface area (Å²) in [5, 5.41) is 0.300. The van der Waals surface area contributed by atoms with Crippen LogP contribution in [0.1, 0.15) is 40.5 Å². The van der Waals surface area contributed by atoms with Gasteiger partial charge in [0.15, 0.2) is 0 Å². The lowest BCUT2D eigenvalue weighted by Crippen LogP contribution is -2.30. The van der Waals surface area contributed by atoms with Crippen molar-refractivity contribution in [3.8, 4) is 11.5 Å². The third kappa shape index (κ3) is 5.21. The van der Waals surface area contributed by atoms with Crippen molar-refractivity contribution < 1.29 is 51.5 Å². The second kappa shape index (κ2) is 9.94. The SMILES string of the molecule is O=S(=O)(Oc1ccc2ccc(OS(=O)(=O)C(F)(F)F)c3c2c1C(c1ccccc1)CC3c1ccccc1)C(F)(F)F. The fourth-order valence-electron chi connectivity index (χ4n) is 5.05. The maximum Gasteiger partial charge on any atom is 0.534 e. The Bertz CT molecular complexity index is 1690. The molecule has 6 nitrogen and oxygen atoms in total. The van der Waals surface area contributed by atoms with Crippen molar-refractivity contribution in [2.75, 3.05) is 0 Å². The largest absolute Gasteiger partial charge is 0.534 e. The minimum absolute atomic E-state index is 0.00496. The van der Waals surface area contributed by atoms with E-state index < -0.39 is 54.6 Å². The molecule has 2 atom stereocenters. The lowest BCUT2D eigenvalue weighted by atomic mass is 9.70. The number of rotatable bonds is 6. The van der Waals surface area contributed by atoms with Gasteiger partial charge in [-0.05, 0) is 40.5 Å². The summed E-state index contributed by atoms with van der Waals surface area (Å²) in [4.78, 5) is 0. The smallest absolute Gasteiger partial charge is 0.376 e. The lowest BCUT2D eigenvalue weighted by molar-refractivity contribution is -0.0504. The molecule has 0 aliphatic heterocycles. The Hall–Kier alpha value is -3.78. The Morgan fingerprint density at radius 1 is 0.561 bits per heavy atom. The van der Waals surface area contributed by atoms with Crippen LogP contribution in [0.25, 0.3) is 10.8 Å². The average Bonchev–Trinajstić information content (AvgIpc) is 2.90. The number of benzene rings is 4. The molecular weight excluding hydrogens is 598 g/mol. The zero-order chi connectivity index (χ0) is 29.8. The van der Waals surface area contributed by atoms with Gasteiger partial charge in [0.2, 0.25) is 0 Å². The highest BCUT2D eigenvalue weighted by molar-refractivity contribution is 7.88. The van der Waals surface area contributed by atoms with Crippen molar-refractivity contribution in [2.24, 2.45) is 0 Å². The van der Waals surface area contributed by atoms with Crippen LogP contribution in [0.2, 0.25) is 0 Å². The normalized spacial score (nSPS) is 17.8. The van der Waals surface area contributed by atoms with Crippen LogP contribution >= 0.6 is 0 Å². The van der Waals surface area contributed by atoms with E-state index in [1.54, 1.807) is 60.7 Å². The fourth-order valence-corrected chi connectivity index (χ4v) is 6.00. The zero-order valence-electron chi connectivity index (χ0n) is 20.5. The topological polar surface area (TPSA) is 86.7 Å². The Kier molecular flexibility index (Phi) is 6.97. The zero-order valence-corrected chi connectivity index (χ0v) is 22.1. The van der Waals surface area contributed by atoms with Crippen molar-refractivity contribution in [2.45, 2.75) is 29.3 Å². The summed E-state index contributed by atoms with van der Waals surface area (Å²) in [5.74, 6) is -3.03. The van der Waals surface area contributed by atoms with Crippen LogP contribution in [0.3, 0.4) is 0 Å². The van der Waals surface area contributed by atoms with Gasteiger partial charge in [-0.2, -0.15) is 43.2 Å². The number of halogens is 6. The van der Waals surface area contributed by atoms with E-state index in [0.29, 0.717) is 11.1 Å². The van der Waals surface area contributed by atoms with Crippen LogP contribution in [0.15, 0.2) is 84.9 Å². The first-order valence-electron chi connectivity index (χ1n) is 11.8. The van der Waals surface area contributed by atoms with E-state index in [-0.39, 0.29) is 28.3 Å². The molecule has 0 heterocycles. The molecule has 0 radical (unpaired) electrons. The molecule has 1 aliphatic rings. The first kappa shape index (κ1) is 28.7. The maximum absolute atomic E-state index is 13.3. The summed E-state index contributed by atoms with van der Waals surface area (Å²) in [6.07, 6.45) is -0.00496. The molecule has 0 N–H and O–H groups in total. The summed E-state index contributed by atoms with van der Waals surface area (Å²) in [7, 11) is -12.3. The van der Waals surface area contributed by atoms with Crippen LogP contribution in [-0.2, 0) is 20.2 Å². The molecular formula is C27H18F6O6S2. The van der Waals surface area contributed by atoms with Crippen molar-refractivity contribution in [1.29, 1.82) is 0 Å². The Balaban J connectivity index is 1.88. The summed E-state index contributed by atoms with van der Waals surface area (Å²) >= 11 is 0. The molecule has 41 heavy (non-hydrogen) atoms. The predicted molar refractivity (Wildman–Crippen MR) is 136 cm³/mol. The van der Waals surface area contributed by atoms with Gasteiger partial charge in [0.1, 0.15) is 11.5 Å². The summed E-state index contributed by atoms with van der Waals surface area (Å²) in [6, 6.07) is 21.2. The van der Waals surface area contributed by atoms with E-state index in [4.69, 9.17) is 0 Å². The fraction of sp³-hybridized carbons (Fsp3) is 0.185. The molecule has 216 valence electrons. The standard InChI is InChI=1S/C27H18F6O6S2/c28-26(29,30)40(34,35)38-21-13-11-18-12-14-22(39-41(36,37)27(31,32)33)25-20(17-9-5-2-6-10-17)15-19(24(21)23(18)25)16-7-3-1-4-8-16/h1-14,19-20H,15H2. The third-order valence-electron chi connectivity index (χ3n) is 6.72. The highest BCUT2D eigenvalue weighted by Gasteiger charge is 2.51. The van der Waals surface area contributed by atoms with Crippen molar-refractivity contribution in [1.82, 2.24) is 0 Å². The summed E-state index contributed by atoms with van der Waals surface area (Å²) in [5.41, 5.74) is -10.6. The van der Waals surface area contributed by atoms with Gasteiger partial charge in [0.05, 0.1) is 0 Å². The van der Waals surface area contributed by atoms with Crippen LogP contribution in [0, 0.1) is 0 Å². The Morgan fingerprint density at radius 3 is 1.27 bits per heavy atom. The van der Waals surface area contributed by atoms with Crippen molar-refractivity contribution >= 4 is 31.0 Å². The molecule has 5 rings (SSSR count). The molecule has 4 aromatic carbocycles. The summed E-state index contributed by atoms with van der Waals surface area (Å²) < 4.78 is 137. The van der Waals surface area contributed by atoms with Crippen molar-refractivity contribution in [3.63, 3.8) is 0 Å². The second-order valence-corrected chi connectivity index (χ2v) is 12.3. The van der Waals surface area contributed by atoms with Gasteiger partial charge in [-0.15, -0.1) is 0 Å². The van der Waals surface area contributed by atoms with E-state index in [1.807, 2.05) is 0 Å². The van der Waals surface area contributed by atoms with E-state index in [1.165, 1.54) is 12.1 Å². The van der Waals surface area contributed by atoms with E-state index in [9.17, 15) is 43.2 Å². The highest BCUT2D eigenvalue weighted by Crippen LogP contribution is 2.54. The van der Waals surface area contributed by atoms with Crippen molar-refractivity contribution in [3.05, 3.63) is 107 Å². The lowest BCUT2D eigenvalue weighted by Gasteiger charge is -2.35. The number of alkyl halides is 6. The van der Waals surface area contributed by atoms with Gasteiger partial charge in [0, 0.05) is 23.0 Å². The molecule has 0 saturated heterocycles.